The summed E-state index contributed by atoms with van der Waals surface area (Å²) in [4.78, 5) is 4.46. The summed E-state index contributed by atoms with van der Waals surface area (Å²) in [5.41, 5.74) is 7.46. The molecule has 0 atom stereocenters. The second-order valence-electron chi connectivity index (χ2n) is 8.81. The first-order chi connectivity index (χ1) is 16.4. The summed E-state index contributed by atoms with van der Waals surface area (Å²) in [6.45, 7) is 9.16. The van der Waals surface area contributed by atoms with E-state index in [1.165, 1.54) is 32.1 Å². The maximum absolute atomic E-state index is 7.75. The van der Waals surface area contributed by atoms with Crippen molar-refractivity contribution >= 4 is 34.6 Å². The van der Waals surface area contributed by atoms with E-state index in [9.17, 15) is 0 Å². The van der Waals surface area contributed by atoms with Crippen molar-refractivity contribution in [3.8, 4) is 0 Å². The Morgan fingerprint density at radius 2 is 1.91 bits per heavy atom. The second-order valence-corrected chi connectivity index (χ2v) is 9.62. The average Bonchev–Trinajstić information content (AvgIpc) is 2.88. The van der Waals surface area contributed by atoms with Gasteiger partial charge in [-0.1, -0.05) is 49.0 Å². The molecule has 3 rings (SSSR count). The first kappa shape index (κ1) is 28.7. The molecule has 6 nitrogen and oxygen atoms in total. The standard InChI is InChI=1S/C24H33Cl2N3O.C2H7NO/c1-17(27-15-19-10-12-30-13-11-19)8-9-22(25)18(2)21-14-24(28-16-23(21)26)29-20-6-4-3-5-7-20;3-1-2-4/h8-9,14,16,19-20,27H,1,3-7,10-13,15H2,2H3,(H,28,29);4H,1-3H2/b9-8-,22-18-;. The van der Waals surface area contributed by atoms with Crippen molar-refractivity contribution in [3.05, 3.63) is 52.3 Å². The summed E-state index contributed by atoms with van der Waals surface area (Å²) in [5.74, 6) is 1.50. The number of nitrogens with zero attached hydrogens (tertiary/aromatic N) is 1. The monoisotopic (exact) mass is 510 g/mol. The third-order valence-corrected chi connectivity index (χ3v) is 6.80. The quantitative estimate of drug-likeness (QED) is 0.329. The summed E-state index contributed by atoms with van der Waals surface area (Å²) in [5, 5.41) is 15.9. The Hall–Kier alpha value is -1.57. The lowest BCUT2D eigenvalue weighted by molar-refractivity contribution is 0.0671. The Bertz CT molecular complexity index is 815. The van der Waals surface area contributed by atoms with Crippen LogP contribution in [0.15, 0.2) is 41.7 Å². The molecule has 190 valence electrons. The average molecular weight is 512 g/mol. The predicted molar refractivity (Wildman–Crippen MR) is 144 cm³/mol. The first-order valence-electron chi connectivity index (χ1n) is 12.2. The van der Waals surface area contributed by atoms with Gasteiger partial charge in [0, 0.05) is 54.8 Å². The highest BCUT2D eigenvalue weighted by Gasteiger charge is 2.15. The van der Waals surface area contributed by atoms with Crippen LogP contribution in [0.2, 0.25) is 5.02 Å². The van der Waals surface area contributed by atoms with Gasteiger partial charge in [-0.25, -0.2) is 4.98 Å². The number of hydrogen-bond donors (Lipinski definition) is 4. The van der Waals surface area contributed by atoms with Crippen LogP contribution >= 0.6 is 23.2 Å². The van der Waals surface area contributed by atoms with E-state index >= 15 is 0 Å². The summed E-state index contributed by atoms with van der Waals surface area (Å²) in [6.07, 6.45) is 14.0. The maximum atomic E-state index is 7.75. The van der Waals surface area contributed by atoms with Gasteiger partial charge in [-0.2, -0.15) is 0 Å². The van der Waals surface area contributed by atoms with Crippen molar-refractivity contribution < 1.29 is 9.84 Å². The van der Waals surface area contributed by atoms with Gasteiger partial charge in [-0.3, -0.25) is 0 Å². The molecule has 1 aliphatic carbocycles. The lowest BCUT2D eigenvalue weighted by Gasteiger charge is -2.23. The molecule has 0 bridgehead atoms. The van der Waals surface area contributed by atoms with Gasteiger partial charge < -0.3 is 26.2 Å². The Kier molecular flexibility index (Phi) is 13.6. The van der Waals surface area contributed by atoms with E-state index in [1.807, 2.05) is 25.1 Å². The van der Waals surface area contributed by atoms with Crippen LogP contribution in [0.4, 0.5) is 5.82 Å². The molecule has 8 heteroatoms. The zero-order valence-corrected chi connectivity index (χ0v) is 21.8. The van der Waals surface area contributed by atoms with E-state index in [1.54, 1.807) is 6.20 Å². The molecule has 34 heavy (non-hydrogen) atoms. The minimum absolute atomic E-state index is 0.0972. The number of aliphatic hydroxyl groups is 1. The number of rotatable bonds is 9. The van der Waals surface area contributed by atoms with Gasteiger partial charge >= 0.3 is 0 Å². The normalized spacial score (nSPS) is 18.1. The zero-order valence-electron chi connectivity index (χ0n) is 20.3. The fourth-order valence-corrected chi connectivity index (χ4v) is 4.38. The minimum atomic E-state index is 0.0972. The number of aliphatic hydroxyl groups excluding tert-OH is 1. The van der Waals surface area contributed by atoms with E-state index in [4.69, 9.17) is 38.8 Å². The van der Waals surface area contributed by atoms with Crippen LogP contribution in [0, 0.1) is 5.92 Å². The molecular weight excluding hydrogens is 471 g/mol. The number of hydrogen-bond acceptors (Lipinski definition) is 6. The van der Waals surface area contributed by atoms with Crippen LogP contribution in [0.1, 0.15) is 57.4 Å². The van der Waals surface area contributed by atoms with Crippen molar-refractivity contribution in [2.45, 2.75) is 57.9 Å². The summed E-state index contributed by atoms with van der Waals surface area (Å²) < 4.78 is 5.41. The Balaban J connectivity index is 0.000000945. The van der Waals surface area contributed by atoms with E-state index in [0.29, 0.717) is 28.6 Å². The summed E-state index contributed by atoms with van der Waals surface area (Å²) >= 11 is 13.0. The number of halogens is 2. The van der Waals surface area contributed by atoms with Gasteiger partial charge in [0.05, 0.1) is 11.6 Å². The van der Waals surface area contributed by atoms with E-state index in [-0.39, 0.29) is 6.61 Å². The molecule has 1 aromatic rings. The molecule has 1 aromatic heterocycles. The third-order valence-electron chi connectivity index (χ3n) is 6.09. The van der Waals surface area contributed by atoms with Crippen LogP contribution in [-0.4, -0.2) is 49.0 Å². The summed E-state index contributed by atoms with van der Waals surface area (Å²) in [6, 6.07) is 2.49. The Labute approximate surface area is 214 Å². The number of allylic oxidation sites excluding steroid dienone is 4. The molecule has 5 N–H and O–H groups in total. The van der Waals surface area contributed by atoms with E-state index in [0.717, 1.165) is 55.3 Å². The molecule has 2 aliphatic rings. The minimum Gasteiger partial charge on any atom is -0.395 e. The van der Waals surface area contributed by atoms with Gasteiger partial charge in [0.15, 0.2) is 0 Å². The number of nitrogens with one attached hydrogen (secondary N) is 2. The van der Waals surface area contributed by atoms with Crippen LogP contribution in [0.3, 0.4) is 0 Å². The third kappa shape index (κ3) is 10.4. The highest BCUT2D eigenvalue weighted by atomic mass is 35.5. The van der Waals surface area contributed by atoms with Crippen molar-refractivity contribution in [1.82, 2.24) is 10.3 Å². The van der Waals surface area contributed by atoms with Gasteiger partial charge in [-0.15, -0.1) is 0 Å². The largest absolute Gasteiger partial charge is 0.395 e. The molecule has 2 fully saturated rings. The number of anilines is 1. The Morgan fingerprint density at radius 3 is 2.56 bits per heavy atom. The van der Waals surface area contributed by atoms with Crippen LogP contribution < -0.4 is 16.4 Å². The van der Waals surface area contributed by atoms with Gasteiger partial charge in [0.25, 0.3) is 0 Å². The fourth-order valence-electron chi connectivity index (χ4n) is 3.97. The summed E-state index contributed by atoms with van der Waals surface area (Å²) in [7, 11) is 0. The SMILES string of the molecule is C=C(/C=C\C(Cl)=C(/C)c1cc(NC2CCCCC2)ncc1Cl)NCC1CCOCC1.NCCO. The number of aromatic nitrogens is 1. The molecule has 1 saturated heterocycles. The molecule has 0 amide bonds. The molecule has 0 aromatic carbocycles. The topological polar surface area (TPSA) is 92.4 Å². The molecular formula is C26H40Cl2N4O2. The molecule has 2 heterocycles. The van der Waals surface area contributed by atoms with Crippen LogP contribution in [0.5, 0.6) is 0 Å². The lowest BCUT2D eigenvalue weighted by atomic mass is 9.95. The van der Waals surface area contributed by atoms with Crippen molar-refractivity contribution in [2.24, 2.45) is 11.7 Å². The van der Waals surface area contributed by atoms with Crippen molar-refractivity contribution in [3.63, 3.8) is 0 Å². The molecule has 0 spiro atoms. The van der Waals surface area contributed by atoms with Gasteiger partial charge in [-0.05, 0) is 62.3 Å². The molecule has 0 radical (unpaired) electrons. The van der Waals surface area contributed by atoms with Crippen molar-refractivity contribution in [1.29, 1.82) is 0 Å². The van der Waals surface area contributed by atoms with Gasteiger partial charge in [0.1, 0.15) is 5.82 Å². The van der Waals surface area contributed by atoms with E-state index in [2.05, 4.69) is 22.2 Å². The van der Waals surface area contributed by atoms with E-state index < -0.39 is 0 Å². The van der Waals surface area contributed by atoms with Crippen LogP contribution in [-0.2, 0) is 4.74 Å². The maximum Gasteiger partial charge on any atom is 0.126 e. The van der Waals surface area contributed by atoms with Crippen LogP contribution in [0.25, 0.3) is 5.57 Å². The Morgan fingerprint density at radius 1 is 1.24 bits per heavy atom. The van der Waals surface area contributed by atoms with Crippen molar-refractivity contribution in [2.75, 3.05) is 38.2 Å². The second kappa shape index (κ2) is 16.2. The molecule has 0 unspecified atom stereocenters. The van der Waals surface area contributed by atoms with Gasteiger partial charge in [0.2, 0.25) is 0 Å². The smallest absolute Gasteiger partial charge is 0.126 e. The highest BCUT2D eigenvalue weighted by molar-refractivity contribution is 6.36. The number of nitrogens with two attached hydrogens (primary N) is 1. The first-order valence-corrected chi connectivity index (χ1v) is 13.0. The number of ether oxygens (including phenoxy) is 1. The molecule has 1 saturated carbocycles. The highest BCUT2D eigenvalue weighted by Crippen LogP contribution is 2.30. The predicted octanol–water partition coefficient (Wildman–Crippen LogP) is 5.47. The fraction of sp³-hybridized carbons (Fsp3) is 0.577. The zero-order chi connectivity index (χ0) is 24.8. The molecule has 1 aliphatic heterocycles. The number of pyridine rings is 1. The lowest BCUT2D eigenvalue weighted by Crippen LogP contribution is -2.26.